The van der Waals surface area contributed by atoms with Gasteiger partial charge in [0.05, 0.1) is 22.5 Å². The van der Waals surface area contributed by atoms with Crippen molar-refractivity contribution in [3.8, 4) is 0 Å². The molecule has 29 heavy (non-hydrogen) atoms. The highest BCUT2D eigenvalue weighted by atomic mass is 32.2. The van der Waals surface area contributed by atoms with Gasteiger partial charge in [-0.1, -0.05) is 50.8 Å². The van der Waals surface area contributed by atoms with Crippen LogP contribution in [0.25, 0.3) is 0 Å². The molecule has 1 aliphatic heterocycles. The summed E-state index contributed by atoms with van der Waals surface area (Å²) in [5, 5.41) is 0. The Morgan fingerprint density at radius 3 is 2.34 bits per heavy atom. The number of ether oxygens (including phenoxy) is 1. The van der Waals surface area contributed by atoms with E-state index < -0.39 is 27.1 Å². The molecule has 3 aliphatic rings. The normalized spacial score (nSPS) is 35.4. The van der Waals surface area contributed by atoms with Crippen molar-refractivity contribution in [1.82, 2.24) is 4.31 Å². The molecule has 2 saturated carbocycles. The Morgan fingerprint density at radius 2 is 1.66 bits per heavy atom. The number of hydrogen-bond donors (Lipinski definition) is 0. The predicted molar refractivity (Wildman–Crippen MR) is 112 cm³/mol. The van der Waals surface area contributed by atoms with Crippen LogP contribution in [0.4, 0.5) is 0 Å². The highest BCUT2D eigenvalue weighted by Crippen LogP contribution is 2.51. The molecule has 1 heterocycles. The van der Waals surface area contributed by atoms with Crippen LogP contribution < -0.4 is 0 Å². The van der Waals surface area contributed by atoms with Gasteiger partial charge in [0, 0.05) is 5.41 Å². The zero-order valence-electron chi connectivity index (χ0n) is 18.0. The van der Waals surface area contributed by atoms with E-state index in [1.165, 1.54) is 0 Å². The highest BCUT2D eigenvalue weighted by molar-refractivity contribution is 7.89. The van der Waals surface area contributed by atoms with Crippen LogP contribution in [0.2, 0.25) is 0 Å². The third-order valence-corrected chi connectivity index (χ3v) is 9.19. The lowest BCUT2D eigenvalue weighted by Gasteiger charge is -2.46. The first kappa shape index (κ1) is 21.0. The molecule has 0 aromatic heterocycles. The zero-order chi connectivity index (χ0) is 21.0. The Balaban J connectivity index is 1.80. The number of fused-ring (bicyclic) bond motifs is 1. The van der Waals surface area contributed by atoms with Gasteiger partial charge in [-0.2, -0.15) is 4.31 Å². The van der Waals surface area contributed by atoms with E-state index in [2.05, 4.69) is 0 Å². The molecule has 2 aliphatic carbocycles. The average Bonchev–Trinajstić information content (AvgIpc) is 3.07. The molecular weight excluding hydrogens is 386 g/mol. The van der Waals surface area contributed by atoms with Gasteiger partial charge in [0.25, 0.3) is 0 Å². The molecule has 4 rings (SSSR count). The number of ketones is 1. The second-order valence-electron chi connectivity index (χ2n) is 10.0. The highest BCUT2D eigenvalue weighted by Gasteiger charge is 2.60. The van der Waals surface area contributed by atoms with Crippen molar-refractivity contribution < 1.29 is 17.9 Å². The van der Waals surface area contributed by atoms with Crippen LogP contribution in [0.15, 0.2) is 29.2 Å². The number of nitrogens with zero attached hydrogens (tertiary/aromatic N) is 1. The molecule has 1 saturated heterocycles. The minimum Gasteiger partial charge on any atom is -0.356 e. The van der Waals surface area contributed by atoms with Gasteiger partial charge in [-0.15, -0.1) is 0 Å². The summed E-state index contributed by atoms with van der Waals surface area (Å²) in [6.45, 7) is 7.83. The minimum absolute atomic E-state index is 0.122. The van der Waals surface area contributed by atoms with E-state index in [-0.39, 0.29) is 22.8 Å². The first-order chi connectivity index (χ1) is 13.6. The maximum Gasteiger partial charge on any atom is 0.245 e. The molecule has 0 amide bonds. The topological polar surface area (TPSA) is 63.7 Å². The summed E-state index contributed by atoms with van der Waals surface area (Å²) < 4.78 is 35.6. The van der Waals surface area contributed by atoms with E-state index in [0.717, 1.165) is 44.1 Å². The van der Waals surface area contributed by atoms with E-state index in [1.807, 2.05) is 39.8 Å². The van der Waals surface area contributed by atoms with Crippen LogP contribution in [0.1, 0.15) is 71.3 Å². The number of benzene rings is 1. The molecule has 4 atom stereocenters. The van der Waals surface area contributed by atoms with Crippen molar-refractivity contribution in [3.05, 3.63) is 29.8 Å². The van der Waals surface area contributed by atoms with E-state index in [0.29, 0.717) is 6.42 Å². The molecule has 1 aromatic rings. The monoisotopic (exact) mass is 419 g/mol. The van der Waals surface area contributed by atoms with Crippen LogP contribution in [0.5, 0.6) is 0 Å². The maximum atomic E-state index is 13.8. The zero-order valence-corrected chi connectivity index (χ0v) is 18.8. The summed E-state index contributed by atoms with van der Waals surface area (Å²) in [7, 11) is -3.77. The summed E-state index contributed by atoms with van der Waals surface area (Å²) in [5.41, 5.74) is -0.259. The van der Waals surface area contributed by atoms with E-state index in [1.54, 1.807) is 16.4 Å². The molecule has 5 nitrogen and oxygen atoms in total. The SMILES string of the molecule is Cc1ccc(S(=O)(=O)N2[C@H]([C@]3(C)CCCC(C)(C)C3=O)O[C@H]3CCCC[C@@H]32)cc1. The Labute approximate surface area is 174 Å². The standard InChI is InChI=1S/C23H33NO4S/c1-16-10-12-17(13-11-16)29(26,27)24-18-8-5-6-9-19(18)28-21(24)23(4)15-7-14-22(2,3)20(23)25/h10-13,18-19,21H,5-9,14-15H2,1-4H3/t18-,19-,21-,23+/m0/s1. The number of aryl methyl sites for hydroxylation is 1. The smallest absolute Gasteiger partial charge is 0.245 e. The molecule has 160 valence electrons. The predicted octanol–water partition coefficient (Wildman–Crippen LogP) is 4.44. The van der Waals surface area contributed by atoms with Gasteiger partial charge in [0.15, 0.2) is 0 Å². The molecular formula is C23H33NO4S. The third kappa shape index (κ3) is 3.37. The number of hydrogen-bond acceptors (Lipinski definition) is 4. The molecule has 3 fully saturated rings. The lowest BCUT2D eigenvalue weighted by Crippen LogP contribution is -2.56. The Bertz CT molecular complexity index is 892. The van der Waals surface area contributed by atoms with Crippen molar-refractivity contribution in [2.45, 2.75) is 95.9 Å². The summed E-state index contributed by atoms with van der Waals surface area (Å²) >= 11 is 0. The van der Waals surface area contributed by atoms with Gasteiger partial charge in [0.1, 0.15) is 12.0 Å². The molecule has 0 radical (unpaired) electrons. The summed E-state index contributed by atoms with van der Waals surface area (Å²) in [6.07, 6.45) is 5.25. The fraction of sp³-hybridized carbons (Fsp3) is 0.696. The van der Waals surface area contributed by atoms with Gasteiger partial charge in [-0.25, -0.2) is 8.42 Å². The summed E-state index contributed by atoms with van der Waals surface area (Å²) in [6, 6.07) is 6.82. The van der Waals surface area contributed by atoms with Crippen LogP contribution in [-0.2, 0) is 19.6 Å². The fourth-order valence-corrected chi connectivity index (χ4v) is 7.48. The second kappa shape index (κ2) is 7.17. The van der Waals surface area contributed by atoms with Gasteiger partial charge in [-0.05, 0) is 51.7 Å². The molecule has 0 bridgehead atoms. The number of carbonyl (C=O) groups excluding carboxylic acids is 1. The maximum absolute atomic E-state index is 13.8. The summed E-state index contributed by atoms with van der Waals surface area (Å²) in [5.74, 6) is 0.129. The number of sulfonamides is 1. The van der Waals surface area contributed by atoms with E-state index >= 15 is 0 Å². The largest absolute Gasteiger partial charge is 0.356 e. The van der Waals surface area contributed by atoms with Crippen molar-refractivity contribution in [2.75, 3.05) is 0 Å². The summed E-state index contributed by atoms with van der Waals surface area (Å²) in [4.78, 5) is 13.8. The van der Waals surface area contributed by atoms with Crippen LogP contribution >= 0.6 is 0 Å². The second-order valence-corrected chi connectivity index (χ2v) is 11.9. The Morgan fingerprint density at radius 1 is 1.00 bits per heavy atom. The molecule has 1 aromatic carbocycles. The van der Waals surface area contributed by atoms with Gasteiger partial charge in [-0.3, -0.25) is 4.79 Å². The van der Waals surface area contributed by atoms with Crippen LogP contribution in [-0.4, -0.2) is 36.9 Å². The third-order valence-electron chi connectivity index (χ3n) is 7.30. The number of rotatable bonds is 3. The first-order valence-electron chi connectivity index (χ1n) is 10.9. The van der Waals surface area contributed by atoms with Crippen molar-refractivity contribution in [2.24, 2.45) is 10.8 Å². The first-order valence-corrected chi connectivity index (χ1v) is 12.3. The molecule has 0 N–H and O–H groups in total. The molecule has 0 unspecified atom stereocenters. The Kier molecular flexibility index (Phi) is 5.20. The number of carbonyl (C=O) groups is 1. The quantitative estimate of drug-likeness (QED) is 0.727. The lowest BCUT2D eigenvalue weighted by atomic mass is 9.62. The van der Waals surface area contributed by atoms with E-state index in [9.17, 15) is 13.2 Å². The minimum atomic E-state index is -3.77. The van der Waals surface area contributed by atoms with Gasteiger partial charge >= 0.3 is 0 Å². The fourth-order valence-electron chi connectivity index (χ4n) is 5.63. The van der Waals surface area contributed by atoms with Crippen molar-refractivity contribution in [3.63, 3.8) is 0 Å². The molecule has 0 spiro atoms. The van der Waals surface area contributed by atoms with Crippen molar-refractivity contribution in [1.29, 1.82) is 0 Å². The van der Waals surface area contributed by atoms with Crippen LogP contribution in [0, 0.1) is 17.8 Å². The van der Waals surface area contributed by atoms with Crippen molar-refractivity contribution >= 4 is 15.8 Å². The number of Topliss-reactive ketones (excluding diaryl/α,β-unsaturated/α-hetero) is 1. The van der Waals surface area contributed by atoms with Crippen LogP contribution in [0.3, 0.4) is 0 Å². The van der Waals surface area contributed by atoms with Gasteiger partial charge < -0.3 is 4.74 Å². The average molecular weight is 420 g/mol. The van der Waals surface area contributed by atoms with E-state index in [4.69, 9.17) is 4.74 Å². The lowest BCUT2D eigenvalue weighted by molar-refractivity contribution is -0.156. The Hall–Kier alpha value is -1.24. The molecule has 6 heteroatoms. The van der Waals surface area contributed by atoms with Gasteiger partial charge in [0.2, 0.25) is 10.0 Å².